The molecule has 2 saturated carbocycles. The number of fused-ring (bicyclic) bond motifs is 5. The zero-order valence-corrected chi connectivity index (χ0v) is 15.9. The predicted octanol–water partition coefficient (Wildman–Crippen LogP) is 4.05. The van der Waals surface area contributed by atoms with Gasteiger partial charge in [0.2, 0.25) is 0 Å². The van der Waals surface area contributed by atoms with Gasteiger partial charge in [0.1, 0.15) is 18.1 Å². The van der Waals surface area contributed by atoms with Crippen LogP contribution in [0, 0.1) is 17.3 Å². The fourth-order valence-electron chi connectivity index (χ4n) is 5.77. The molecule has 0 aromatic heterocycles. The van der Waals surface area contributed by atoms with E-state index in [9.17, 15) is 4.79 Å². The molecule has 25 heavy (non-hydrogen) atoms. The summed E-state index contributed by atoms with van der Waals surface area (Å²) < 4.78 is 5.93. The van der Waals surface area contributed by atoms with Gasteiger partial charge in [0.05, 0.1) is 0 Å². The van der Waals surface area contributed by atoms with E-state index in [4.69, 9.17) is 4.74 Å². The van der Waals surface area contributed by atoms with Crippen molar-refractivity contribution in [2.45, 2.75) is 51.4 Å². The van der Waals surface area contributed by atoms with Crippen LogP contribution in [0.25, 0.3) is 0 Å². The van der Waals surface area contributed by atoms with Gasteiger partial charge in [-0.25, -0.2) is 0 Å². The molecule has 0 bridgehead atoms. The van der Waals surface area contributed by atoms with Crippen molar-refractivity contribution in [2.75, 3.05) is 27.2 Å². The van der Waals surface area contributed by atoms with Crippen LogP contribution in [0.15, 0.2) is 18.2 Å². The first-order valence-corrected chi connectivity index (χ1v) is 9.93. The standard InChI is InChI=1S/C22H31NO2/c1-22-11-10-18-17-7-5-16(25-13-12-23(2)3)14-15(17)4-6-19(18)20(22)8-9-21(22)24/h5,7,14,18-20H,4,6,8-13H2,1-3H3/t18-,19-,20+,22-/m1/s1. The topological polar surface area (TPSA) is 29.5 Å². The van der Waals surface area contributed by atoms with E-state index in [1.807, 2.05) is 0 Å². The zero-order valence-electron chi connectivity index (χ0n) is 15.9. The number of ketones is 1. The number of hydrogen-bond donors (Lipinski definition) is 0. The number of carbonyl (C=O) groups is 1. The monoisotopic (exact) mass is 341 g/mol. The summed E-state index contributed by atoms with van der Waals surface area (Å²) in [5.74, 6) is 3.52. The van der Waals surface area contributed by atoms with E-state index in [0.29, 0.717) is 23.5 Å². The van der Waals surface area contributed by atoms with E-state index in [1.54, 1.807) is 0 Å². The van der Waals surface area contributed by atoms with Gasteiger partial charge < -0.3 is 9.64 Å². The van der Waals surface area contributed by atoms with E-state index in [-0.39, 0.29) is 5.41 Å². The Morgan fingerprint density at radius 1 is 1.20 bits per heavy atom. The number of nitrogens with zero attached hydrogens (tertiary/aromatic N) is 1. The number of rotatable bonds is 4. The van der Waals surface area contributed by atoms with Crippen molar-refractivity contribution < 1.29 is 9.53 Å². The molecule has 1 aromatic carbocycles. The van der Waals surface area contributed by atoms with Crippen LogP contribution in [0.2, 0.25) is 0 Å². The summed E-state index contributed by atoms with van der Waals surface area (Å²) in [6.45, 7) is 3.93. The Hall–Kier alpha value is -1.35. The van der Waals surface area contributed by atoms with E-state index < -0.39 is 0 Å². The lowest BCUT2D eigenvalue weighted by molar-refractivity contribution is -0.129. The van der Waals surface area contributed by atoms with Crippen LogP contribution < -0.4 is 4.74 Å². The van der Waals surface area contributed by atoms with Crippen LogP contribution in [0.5, 0.6) is 5.75 Å². The maximum Gasteiger partial charge on any atom is 0.139 e. The van der Waals surface area contributed by atoms with Crippen LogP contribution in [0.4, 0.5) is 0 Å². The Morgan fingerprint density at radius 3 is 2.84 bits per heavy atom. The summed E-state index contributed by atoms with van der Waals surface area (Å²) in [6.07, 6.45) is 6.58. The molecule has 0 unspecified atom stereocenters. The Balaban J connectivity index is 1.52. The molecule has 3 aliphatic carbocycles. The van der Waals surface area contributed by atoms with E-state index in [0.717, 1.165) is 44.6 Å². The second-order valence-corrected chi connectivity index (χ2v) is 8.85. The number of benzene rings is 1. The number of carbonyl (C=O) groups excluding carboxylic acids is 1. The van der Waals surface area contributed by atoms with Gasteiger partial charge in [-0.1, -0.05) is 13.0 Å². The molecule has 2 fully saturated rings. The maximum atomic E-state index is 12.4. The number of Topliss-reactive ketones (excluding diaryl/α,β-unsaturated/α-hetero) is 1. The molecule has 0 aliphatic heterocycles. The van der Waals surface area contributed by atoms with Crippen LogP contribution >= 0.6 is 0 Å². The molecular weight excluding hydrogens is 310 g/mol. The molecule has 3 nitrogen and oxygen atoms in total. The first kappa shape index (κ1) is 17.1. The van der Waals surface area contributed by atoms with Crippen molar-refractivity contribution >= 4 is 5.78 Å². The predicted molar refractivity (Wildman–Crippen MR) is 100 cm³/mol. The highest BCUT2D eigenvalue weighted by Crippen LogP contribution is 2.59. The van der Waals surface area contributed by atoms with Gasteiger partial charge in [0, 0.05) is 18.4 Å². The van der Waals surface area contributed by atoms with E-state index in [1.165, 1.54) is 24.0 Å². The Morgan fingerprint density at radius 2 is 2.04 bits per heavy atom. The molecule has 1 aromatic rings. The van der Waals surface area contributed by atoms with Crippen molar-refractivity contribution in [3.8, 4) is 5.75 Å². The molecule has 3 aliphatic rings. The fourth-order valence-corrected chi connectivity index (χ4v) is 5.77. The van der Waals surface area contributed by atoms with Crippen LogP contribution in [-0.2, 0) is 11.2 Å². The minimum Gasteiger partial charge on any atom is -0.492 e. The minimum absolute atomic E-state index is 0.0199. The molecule has 4 rings (SSSR count). The average Bonchev–Trinajstić information content (AvgIpc) is 2.89. The third-order valence-corrected chi connectivity index (χ3v) is 7.21. The number of aryl methyl sites for hydroxylation is 1. The molecule has 4 atom stereocenters. The molecule has 0 heterocycles. The summed E-state index contributed by atoms with van der Waals surface area (Å²) >= 11 is 0. The number of ether oxygens (including phenoxy) is 1. The molecule has 0 amide bonds. The van der Waals surface area contributed by atoms with Crippen molar-refractivity contribution in [1.82, 2.24) is 4.90 Å². The molecule has 136 valence electrons. The smallest absolute Gasteiger partial charge is 0.139 e. The molecule has 3 heteroatoms. The normalized spacial score (nSPS) is 33.8. The first-order chi connectivity index (χ1) is 12.0. The van der Waals surface area contributed by atoms with Gasteiger partial charge in [0.15, 0.2) is 0 Å². The lowest BCUT2D eigenvalue weighted by Crippen LogP contribution is -2.42. The maximum absolute atomic E-state index is 12.4. The fraction of sp³-hybridized carbons (Fsp3) is 0.682. The lowest BCUT2D eigenvalue weighted by atomic mass is 9.55. The van der Waals surface area contributed by atoms with Crippen molar-refractivity contribution in [1.29, 1.82) is 0 Å². The SMILES string of the molecule is CN(C)CCOc1ccc2c(c1)CC[C@@H]1[C@@H]2CC[C@@]2(C)C(=O)CC[C@@H]12. The lowest BCUT2D eigenvalue weighted by Gasteiger charge is -2.48. The number of hydrogen-bond acceptors (Lipinski definition) is 3. The summed E-state index contributed by atoms with van der Waals surface area (Å²) in [4.78, 5) is 14.6. The summed E-state index contributed by atoms with van der Waals surface area (Å²) in [6, 6.07) is 6.75. The van der Waals surface area contributed by atoms with Crippen LogP contribution in [0.1, 0.15) is 56.1 Å². The summed E-state index contributed by atoms with van der Waals surface area (Å²) in [5.41, 5.74) is 3.00. The van der Waals surface area contributed by atoms with Gasteiger partial charge in [-0.05, 0) is 87.2 Å². The quantitative estimate of drug-likeness (QED) is 0.827. The summed E-state index contributed by atoms with van der Waals surface area (Å²) in [5, 5.41) is 0. The van der Waals surface area contributed by atoms with Crippen LogP contribution in [-0.4, -0.2) is 37.9 Å². The van der Waals surface area contributed by atoms with Crippen molar-refractivity contribution in [2.24, 2.45) is 17.3 Å². The van der Waals surface area contributed by atoms with Gasteiger partial charge in [0.25, 0.3) is 0 Å². The van der Waals surface area contributed by atoms with E-state index in [2.05, 4.69) is 44.1 Å². The Kier molecular flexibility index (Phi) is 4.39. The largest absolute Gasteiger partial charge is 0.492 e. The van der Waals surface area contributed by atoms with Gasteiger partial charge in [-0.3, -0.25) is 4.79 Å². The van der Waals surface area contributed by atoms with Gasteiger partial charge in [-0.2, -0.15) is 0 Å². The highest BCUT2D eigenvalue weighted by atomic mass is 16.5. The Labute approximate surface area is 151 Å². The number of likely N-dealkylation sites (N-methyl/N-ethyl adjacent to an activating group) is 1. The third-order valence-electron chi connectivity index (χ3n) is 7.21. The van der Waals surface area contributed by atoms with E-state index >= 15 is 0 Å². The molecular formula is C22H31NO2. The third kappa shape index (κ3) is 2.91. The first-order valence-electron chi connectivity index (χ1n) is 9.93. The highest BCUT2D eigenvalue weighted by molar-refractivity contribution is 5.87. The molecule has 0 saturated heterocycles. The zero-order chi connectivity index (χ0) is 17.6. The second kappa shape index (κ2) is 6.42. The van der Waals surface area contributed by atoms with Gasteiger partial charge >= 0.3 is 0 Å². The minimum atomic E-state index is -0.0199. The van der Waals surface area contributed by atoms with Crippen molar-refractivity contribution in [3.63, 3.8) is 0 Å². The second-order valence-electron chi connectivity index (χ2n) is 8.85. The van der Waals surface area contributed by atoms with Crippen molar-refractivity contribution in [3.05, 3.63) is 29.3 Å². The summed E-state index contributed by atoms with van der Waals surface area (Å²) in [7, 11) is 4.14. The Bertz CT molecular complexity index is 668. The van der Waals surface area contributed by atoms with Gasteiger partial charge in [-0.15, -0.1) is 0 Å². The molecule has 0 N–H and O–H groups in total. The average molecular weight is 341 g/mol. The van der Waals surface area contributed by atoms with Crippen LogP contribution in [0.3, 0.4) is 0 Å². The molecule has 0 spiro atoms. The highest BCUT2D eigenvalue weighted by Gasteiger charge is 2.54. The molecule has 0 radical (unpaired) electrons.